The molecule has 0 aliphatic carbocycles. The number of thiophene rings is 1. The van der Waals surface area contributed by atoms with E-state index in [1.54, 1.807) is 23.7 Å². The van der Waals surface area contributed by atoms with Crippen molar-refractivity contribution in [1.29, 1.82) is 0 Å². The van der Waals surface area contributed by atoms with Gasteiger partial charge < -0.3 is 5.32 Å². The summed E-state index contributed by atoms with van der Waals surface area (Å²) >= 11 is 1.80. The monoisotopic (exact) mass is 261 g/mol. The van der Waals surface area contributed by atoms with E-state index in [1.807, 2.05) is 6.20 Å². The second kappa shape index (κ2) is 6.07. The van der Waals surface area contributed by atoms with Crippen LogP contribution in [0.2, 0.25) is 0 Å². The molecule has 4 heteroatoms. The van der Waals surface area contributed by atoms with Crippen molar-refractivity contribution in [3.63, 3.8) is 0 Å². The Morgan fingerprint density at radius 3 is 2.61 bits per heavy atom. The van der Waals surface area contributed by atoms with Crippen LogP contribution in [0.3, 0.4) is 0 Å². The fourth-order valence-corrected chi connectivity index (χ4v) is 2.92. The molecule has 2 aromatic heterocycles. The molecule has 2 aromatic rings. The molecule has 0 fully saturated rings. The average Bonchev–Trinajstić information content (AvgIpc) is 2.90. The molecule has 0 saturated carbocycles. The Labute approximate surface area is 112 Å². The third-order valence-electron chi connectivity index (χ3n) is 2.97. The normalized spacial score (nSPS) is 14.7. The predicted octanol–water partition coefficient (Wildman–Crippen LogP) is 3.59. The zero-order valence-electron chi connectivity index (χ0n) is 11.0. The highest BCUT2D eigenvalue weighted by molar-refractivity contribution is 7.10. The minimum absolute atomic E-state index is 0.202. The minimum atomic E-state index is 0.202. The van der Waals surface area contributed by atoms with Gasteiger partial charge in [-0.05, 0) is 24.3 Å². The van der Waals surface area contributed by atoms with Crippen LogP contribution in [0.25, 0.3) is 0 Å². The molecule has 1 N–H and O–H groups in total. The van der Waals surface area contributed by atoms with Crippen LogP contribution in [0, 0.1) is 5.92 Å². The van der Waals surface area contributed by atoms with Gasteiger partial charge in [0.1, 0.15) is 0 Å². The van der Waals surface area contributed by atoms with Gasteiger partial charge in [0.15, 0.2) is 0 Å². The van der Waals surface area contributed by atoms with E-state index in [2.05, 4.69) is 53.6 Å². The van der Waals surface area contributed by atoms with Crippen molar-refractivity contribution < 1.29 is 0 Å². The van der Waals surface area contributed by atoms with Crippen LogP contribution in [-0.4, -0.2) is 9.97 Å². The van der Waals surface area contributed by atoms with Gasteiger partial charge in [-0.3, -0.25) is 9.97 Å². The summed E-state index contributed by atoms with van der Waals surface area (Å²) < 4.78 is 0. The van der Waals surface area contributed by atoms with Gasteiger partial charge in [0.25, 0.3) is 0 Å². The van der Waals surface area contributed by atoms with Crippen molar-refractivity contribution in [3.05, 3.63) is 46.7 Å². The van der Waals surface area contributed by atoms with E-state index in [0.29, 0.717) is 12.0 Å². The molecule has 0 saturated heterocycles. The van der Waals surface area contributed by atoms with Gasteiger partial charge in [-0.2, -0.15) is 0 Å². The number of hydrogen-bond donors (Lipinski definition) is 1. The van der Waals surface area contributed by atoms with Crippen LogP contribution in [0.1, 0.15) is 43.4 Å². The highest BCUT2D eigenvalue weighted by Crippen LogP contribution is 2.28. The highest BCUT2D eigenvalue weighted by Gasteiger charge is 2.20. The standard InChI is InChI=1S/C14H19N3S/c1-10(2)14(13-5-4-8-18-13)17-11(3)12-9-15-6-7-16-12/h4-11,14,17H,1-3H3. The molecule has 0 aliphatic heterocycles. The number of rotatable bonds is 5. The Morgan fingerprint density at radius 1 is 1.22 bits per heavy atom. The lowest BCUT2D eigenvalue weighted by molar-refractivity contribution is 0.375. The first-order valence-corrected chi connectivity index (χ1v) is 7.12. The van der Waals surface area contributed by atoms with Crippen LogP contribution in [0.5, 0.6) is 0 Å². The van der Waals surface area contributed by atoms with E-state index in [4.69, 9.17) is 0 Å². The summed E-state index contributed by atoms with van der Waals surface area (Å²) in [5, 5.41) is 5.77. The zero-order chi connectivity index (χ0) is 13.0. The molecule has 2 heterocycles. The number of nitrogens with zero attached hydrogens (tertiary/aromatic N) is 2. The molecule has 2 unspecified atom stereocenters. The molecule has 96 valence electrons. The molecule has 3 nitrogen and oxygen atoms in total. The quantitative estimate of drug-likeness (QED) is 0.894. The summed E-state index contributed by atoms with van der Waals surface area (Å²) in [6, 6.07) is 4.85. The summed E-state index contributed by atoms with van der Waals surface area (Å²) in [4.78, 5) is 9.85. The molecule has 2 atom stereocenters. The Bertz CT molecular complexity index is 453. The maximum atomic E-state index is 4.35. The summed E-state index contributed by atoms with van der Waals surface area (Å²) in [5.74, 6) is 0.544. The molecule has 0 amide bonds. The SMILES string of the molecule is CC(NC(c1cccs1)C(C)C)c1cnccn1. The van der Waals surface area contributed by atoms with Crippen molar-refractivity contribution >= 4 is 11.3 Å². The molecule has 0 spiro atoms. The first-order chi connectivity index (χ1) is 8.68. The smallest absolute Gasteiger partial charge is 0.0753 e. The van der Waals surface area contributed by atoms with Crippen molar-refractivity contribution in [2.75, 3.05) is 0 Å². The van der Waals surface area contributed by atoms with Gasteiger partial charge in [0.05, 0.1) is 5.69 Å². The van der Waals surface area contributed by atoms with Crippen LogP contribution in [0.15, 0.2) is 36.1 Å². The summed E-state index contributed by atoms with van der Waals surface area (Å²) in [5.41, 5.74) is 0.986. The Balaban J connectivity index is 2.11. The van der Waals surface area contributed by atoms with Gasteiger partial charge in [-0.25, -0.2) is 0 Å². The lowest BCUT2D eigenvalue weighted by atomic mass is 10.0. The van der Waals surface area contributed by atoms with E-state index < -0.39 is 0 Å². The Kier molecular flexibility index (Phi) is 4.44. The molecule has 2 rings (SSSR count). The molecule has 18 heavy (non-hydrogen) atoms. The topological polar surface area (TPSA) is 37.8 Å². The lowest BCUT2D eigenvalue weighted by Crippen LogP contribution is -2.28. The first-order valence-electron chi connectivity index (χ1n) is 6.24. The molecular formula is C14H19N3S. The largest absolute Gasteiger partial charge is 0.301 e. The van der Waals surface area contributed by atoms with Gasteiger partial charge >= 0.3 is 0 Å². The minimum Gasteiger partial charge on any atom is -0.301 e. The first kappa shape index (κ1) is 13.2. The molecular weight excluding hydrogens is 242 g/mol. The summed E-state index contributed by atoms with van der Waals surface area (Å²) in [7, 11) is 0. The fraction of sp³-hybridized carbons (Fsp3) is 0.429. The van der Waals surface area contributed by atoms with Crippen LogP contribution in [0.4, 0.5) is 0 Å². The Hall–Kier alpha value is -1.26. The molecule has 0 aromatic carbocycles. The average molecular weight is 261 g/mol. The fourth-order valence-electron chi connectivity index (χ4n) is 1.96. The van der Waals surface area contributed by atoms with Crippen molar-refractivity contribution in [3.8, 4) is 0 Å². The van der Waals surface area contributed by atoms with Crippen LogP contribution in [-0.2, 0) is 0 Å². The second-order valence-electron chi connectivity index (χ2n) is 4.76. The molecule has 0 radical (unpaired) electrons. The van der Waals surface area contributed by atoms with Crippen LogP contribution >= 0.6 is 11.3 Å². The van der Waals surface area contributed by atoms with E-state index >= 15 is 0 Å². The number of aromatic nitrogens is 2. The third kappa shape index (κ3) is 3.15. The molecule has 0 bridgehead atoms. The van der Waals surface area contributed by atoms with Gasteiger partial charge in [0.2, 0.25) is 0 Å². The predicted molar refractivity (Wildman–Crippen MR) is 75.5 cm³/mol. The maximum Gasteiger partial charge on any atom is 0.0753 e. The van der Waals surface area contributed by atoms with E-state index in [9.17, 15) is 0 Å². The van der Waals surface area contributed by atoms with Crippen molar-refractivity contribution in [1.82, 2.24) is 15.3 Å². The zero-order valence-corrected chi connectivity index (χ0v) is 11.8. The lowest BCUT2D eigenvalue weighted by Gasteiger charge is -2.25. The Morgan fingerprint density at radius 2 is 2.06 bits per heavy atom. The summed E-state index contributed by atoms with van der Waals surface area (Å²) in [6.07, 6.45) is 5.27. The van der Waals surface area contributed by atoms with E-state index in [0.717, 1.165) is 5.69 Å². The number of hydrogen-bond acceptors (Lipinski definition) is 4. The van der Waals surface area contributed by atoms with E-state index in [1.165, 1.54) is 4.88 Å². The highest BCUT2D eigenvalue weighted by atomic mass is 32.1. The second-order valence-corrected chi connectivity index (χ2v) is 5.74. The third-order valence-corrected chi connectivity index (χ3v) is 3.93. The van der Waals surface area contributed by atoms with Crippen LogP contribution < -0.4 is 5.32 Å². The van der Waals surface area contributed by atoms with E-state index in [-0.39, 0.29) is 6.04 Å². The maximum absolute atomic E-state index is 4.35. The number of nitrogens with one attached hydrogen (secondary N) is 1. The molecule has 0 aliphatic rings. The van der Waals surface area contributed by atoms with Gasteiger partial charge in [0, 0.05) is 35.6 Å². The van der Waals surface area contributed by atoms with Gasteiger partial charge in [-0.1, -0.05) is 19.9 Å². The van der Waals surface area contributed by atoms with Crippen molar-refractivity contribution in [2.45, 2.75) is 32.9 Å². The van der Waals surface area contributed by atoms with Gasteiger partial charge in [-0.15, -0.1) is 11.3 Å². The van der Waals surface area contributed by atoms with Crippen molar-refractivity contribution in [2.24, 2.45) is 5.92 Å². The summed E-state index contributed by atoms with van der Waals surface area (Å²) in [6.45, 7) is 6.61.